The molecule has 0 aliphatic carbocycles. The molecule has 0 heterocycles. The lowest BCUT2D eigenvalue weighted by molar-refractivity contribution is 0.627. The van der Waals surface area contributed by atoms with Crippen molar-refractivity contribution >= 4 is 23.0 Å². The molecule has 0 atom stereocenters. The van der Waals surface area contributed by atoms with E-state index < -0.39 is 5.82 Å². The van der Waals surface area contributed by atoms with Gasteiger partial charge in [0.05, 0.1) is 16.4 Å². The highest BCUT2D eigenvalue weighted by Gasteiger charge is 2.05. The molecule has 0 radical (unpaired) electrons. The number of hydrogen-bond acceptors (Lipinski definition) is 2. The zero-order valence-corrected chi connectivity index (χ0v) is 10.9. The van der Waals surface area contributed by atoms with Gasteiger partial charge in [-0.2, -0.15) is 5.10 Å². The Balaban J connectivity index is 2.16. The van der Waals surface area contributed by atoms with Crippen LogP contribution in [0.3, 0.4) is 0 Å². The molecular formula is C14H11ClF2N2. The van der Waals surface area contributed by atoms with Crippen molar-refractivity contribution in [3.63, 3.8) is 0 Å². The number of nitrogens with one attached hydrogen (secondary N) is 1. The van der Waals surface area contributed by atoms with Gasteiger partial charge in [0.15, 0.2) is 0 Å². The van der Waals surface area contributed by atoms with E-state index in [0.717, 1.165) is 0 Å². The number of anilines is 1. The minimum Gasteiger partial charge on any atom is -0.278 e. The van der Waals surface area contributed by atoms with Crippen molar-refractivity contribution in [3.8, 4) is 0 Å². The van der Waals surface area contributed by atoms with Gasteiger partial charge in [-0.15, -0.1) is 0 Å². The second kappa shape index (κ2) is 5.80. The molecule has 5 heteroatoms. The fraction of sp³-hybridized carbons (Fsp3) is 0.0714. The van der Waals surface area contributed by atoms with E-state index in [4.69, 9.17) is 11.6 Å². The quantitative estimate of drug-likeness (QED) is 0.652. The van der Waals surface area contributed by atoms with Gasteiger partial charge >= 0.3 is 0 Å². The fourth-order valence-corrected chi connectivity index (χ4v) is 1.82. The van der Waals surface area contributed by atoms with Crippen LogP contribution in [0, 0.1) is 11.6 Å². The number of benzene rings is 2. The van der Waals surface area contributed by atoms with Crippen LogP contribution < -0.4 is 5.43 Å². The van der Waals surface area contributed by atoms with Crippen molar-refractivity contribution in [3.05, 3.63) is 64.7 Å². The Morgan fingerprint density at radius 2 is 1.68 bits per heavy atom. The summed E-state index contributed by atoms with van der Waals surface area (Å²) in [6.07, 6.45) is 0. The summed E-state index contributed by atoms with van der Waals surface area (Å²) < 4.78 is 25.6. The van der Waals surface area contributed by atoms with Crippen molar-refractivity contribution in [2.75, 3.05) is 5.43 Å². The Morgan fingerprint density at radius 1 is 1.05 bits per heavy atom. The minimum absolute atomic E-state index is 0.294. The SMILES string of the molecule is C/C(=N/Nc1ccc(F)cc1)c1ccc(F)cc1Cl. The van der Waals surface area contributed by atoms with E-state index in [2.05, 4.69) is 10.5 Å². The number of nitrogens with zero attached hydrogens (tertiary/aromatic N) is 1. The number of halogens is 3. The Bertz CT molecular complexity index is 609. The zero-order chi connectivity index (χ0) is 13.8. The van der Waals surface area contributed by atoms with E-state index in [9.17, 15) is 8.78 Å². The molecule has 0 saturated heterocycles. The predicted octanol–water partition coefficient (Wildman–Crippen LogP) is 4.45. The third-order valence-electron chi connectivity index (χ3n) is 2.52. The third-order valence-corrected chi connectivity index (χ3v) is 2.83. The lowest BCUT2D eigenvalue weighted by Gasteiger charge is -2.05. The Labute approximate surface area is 114 Å². The average molecular weight is 281 g/mol. The van der Waals surface area contributed by atoms with Gasteiger partial charge in [0, 0.05) is 5.56 Å². The summed E-state index contributed by atoms with van der Waals surface area (Å²) in [7, 11) is 0. The van der Waals surface area contributed by atoms with Crippen LogP contribution in [0.5, 0.6) is 0 Å². The summed E-state index contributed by atoms with van der Waals surface area (Å²) in [5, 5.41) is 4.42. The predicted molar refractivity (Wildman–Crippen MR) is 73.6 cm³/mol. The summed E-state index contributed by atoms with van der Waals surface area (Å²) in [5.41, 5.74) is 4.68. The molecule has 0 aliphatic rings. The molecular weight excluding hydrogens is 270 g/mol. The normalized spacial score (nSPS) is 11.5. The summed E-state index contributed by atoms with van der Waals surface area (Å²) in [5.74, 6) is -0.708. The summed E-state index contributed by atoms with van der Waals surface area (Å²) in [4.78, 5) is 0. The first-order valence-corrected chi connectivity index (χ1v) is 5.95. The van der Waals surface area contributed by atoms with Gasteiger partial charge in [0.2, 0.25) is 0 Å². The van der Waals surface area contributed by atoms with Crippen LogP contribution >= 0.6 is 11.6 Å². The molecule has 2 rings (SSSR count). The Hall–Kier alpha value is -1.94. The molecule has 2 nitrogen and oxygen atoms in total. The van der Waals surface area contributed by atoms with Gasteiger partial charge in [-0.05, 0) is 49.4 Å². The second-order valence-electron chi connectivity index (χ2n) is 3.94. The van der Waals surface area contributed by atoms with Crippen molar-refractivity contribution in [1.82, 2.24) is 0 Å². The van der Waals surface area contributed by atoms with Gasteiger partial charge in [0.1, 0.15) is 11.6 Å². The highest BCUT2D eigenvalue weighted by atomic mass is 35.5. The zero-order valence-electron chi connectivity index (χ0n) is 10.1. The molecule has 0 spiro atoms. The van der Waals surface area contributed by atoms with E-state index in [1.165, 1.54) is 24.3 Å². The van der Waals surface area contributed by atoms with Crippen LogP contribution in [0.2, 0.25) is 5.02 Å². The van der Waals surface area contributed by atoms with Crippen LogP contribution in [0.4, 0.5) is 14.5 Å². The molecule has 19 heavy (non-hydrogen) atoms. The maximum absolute atomic E-state index is 12.9. The van der Waals surface area contributed by atoms with Crippen molar-refractivity contribution < 1.29 is 8.78 Å². The molecule has 0 fully saturated rings. The second-order valence-corrected chi connectivity index (χ2v) is 4.35. The molecule has 0 aliphatic heterocycles. The van der Waals surface area contributed by atoms with Crippen molar-refractivity contribution in [1.29, 1.82) is 0 Å². The van der Waals surface area contributed by atoms with E-state index in [-0.39, 0.29) is 5.82 Å². The molecule has 2 aromatic rings. The summed E-state index contributed by atoms with van der Waals surface area (Å²) in [6, 6.07) is 9.90. The Kier molecular flexibility index (Phi) is 4.12. The maximum atomic E-state index is 12.9. The van der Waals surface area contributed by atoms with Crippen LogP contribution in [-0.2, 0) is 0 Å². The van der Waals surface area contributed by atoms with Gasteiger partial charge in [-0.3, -0.25) is 5.43 Å². The fourth-order valence-electron chi connectivity index (χ4n) is 1.52. The van der Waals surface area contributed by atoms with Gasteiger partial charge < -0.3 is 0 Å². The smallest absolute Gasteiger partial charge is 0.124 e. The van der Waals surface area contributed by atoms with E-state index in [1.807, 2.05) is 0 Å². The van der Waals surface area contributed by atoms with Crippen LogP contribution in [0.15, 0.2) is 47.6 Å². The lowest BCUT2D eigenvalue weighted by atomic mass is 10.1. The summed E-state index contributed by atoms with van der Waals surface area (Å²) in [6.45, 7) is 1.75. The topological polar surface area (TPSA) is 24.4 Å². The lowest BCUT2D eigenvalue weighted by Crippen LogP contribution is -2.01. The standard InChI is InChI=1S/C14H11ClF2N2/c1-9(13-7-4-11(17)8-14(13)15)18-19-12-5-2-10(16)3-6-12/h2-8,19H,1H3/b18-9-. The molecule has 2 aromatic carbocycles. The van der Waals surface area contributed by atoms with Gasteiger partial charge in [-0.1, -0.05) is 11.6 Å². The highest BCUT2D eigenvalue weighted by molar-refractivity contribution is 6.34. The van der Waals surface area contributed by atoms with Crippen molar-refractivity contribution in [2.24, 2.45) is 5.10 Å². The Morgan fingerprint density at radius 3 is 2.32 bits per heavy atom. The van der Waals surface area contributed by atoms with Crippen LogP contribution in [0.25, 0.3) is 0 Å². The minimum atomic E-state index is -0.395. The molecule has 98 valence electrons. The molecule has 0 bridgehead atoms. The first kappa shape index (κ1) is 13.5. The number of rotatable bonds is 3. The number of hydrogen-bond donors (Lipinski definition) is 1. The van der Waals surface area contributed by atoms with Gasteiger partial charge in [0.25, 0.3) is 0 Å². The molecule has 0 aromatic heterocycles. The monoisotopic (exact) mass is 280 g/mol. The van der Waals surface area contributed by atoms with Gasteiger partial charge in [-0.25, -0.2) is 8.78 Å². The largest absolute Gasteiger partial charge is 0.278 e. The third kappa shape index (κ3) is 3.51. The van der Waals surface area contributed by atoms with E-state index in [1.54, 1.807) is 25.1 Å². The summed E-state index contributed by atoms with van der Waals surface area (Å²) >= 11 is 5.93. The number of hydrazone groups is 1. The average Bonchev–Trinajstić information content (AvgIpc) is 2.37. The van der Waals surface area contributed by atoms with E-state index >= 15 is 0 Å². The molecule has 0 unspecified atom stereocenters. The maximum Gasteiger partial charge on any atom is 0.124 e. The van der Waals surface area contributed by atoms with E-state index in [0.29, 0.717) is 22.0 Å². The van der Waals surface area contributed by atoms with Crippen LogP contribution in [0.1, 0.15) is 12.5 Å². The highest BCUT2D eigenvalue weighted by Crippen LogP contribution is 2.18. The molecule has 0 amide bonds. The molecule has 0 saturated carbocycles. The van der Waals surface area contributed by atoms with Crippen LogP contribution in [-0.4, -0.2) is 5.71 Å². The molecule has 1 N–H and O–H groups in total. The first-order chi connectivity index (χ1) is 9.06. The van der Waals surface area contributed by atoms with Crippen molar-refractivity contribution in [2.45, 2.75) is 6.92 Å². The first-order valence-electron chi connectivity index (χ1n) is 5.57.